The first kappa shape index (κ1) is 15.0. The molecule has 1 saturated heterocycles. The highest BCUT2D eigenvalue weighted by molar-refractivity contribution is 5.02. The molecule has 1 aliphatic rings. The fraction of sp³-hybridized carbons (Fsp3) is 0.714. The Morgan fingerprint density at radius 2 is 1.60 bits per heavy atom. The van der Waals surface area contributed by atoms with Gasteiger partial charge in [-0.25, -0.2) is 4.79 Å². The Hall–Kier alpha value is -1.40. The molecule has 1 aliphatic heterocycles. The normalized spacial score (nSPS) is 17.6. The molecule has 0 unspecified atom stereocenters. The predicted molar refractivity (Wildman–Crippen MR) is 78.9 cm³/mol. The summed E-state index contributed by atoms with van der Waals surface area (Å²) < 4.78 is 2.71. The van der Waals surface area contributed by atoms with E-state index in [2.05, 4.69) is 16.7 Å². The molecule has 6 nitrogen and oxygen atoms in total. The van der Waals surface area contributed by atoms with E-state index in [0.717, 1.165) is 43.0 Å². The lowest BCUT2D eigenvalue weighted by Gasteiger charge is -2.34. The highest BCUT2D eigenvalue weighted by Gasteiger charge is 2.17. The summed E-state index contributed by atoms with van der Waals surface area (Å²) in [5.41, 5.74) is 0.312. The molecule has 0 aromatic carbocycles. The molecule has 112 valence electrons. The second-order valence-corrected chi connectivity index (χ2v) is 5.49. The van der Waals surface area contributed by atoms with Crippen LogP contribution in [0.4, 0.5) is 0 Å². The van der Waals surface area contributed by atoms with Gasteiger partial charge in [0.05, 0.1) is 0 Å². The Labute approximate surface area is 119 Å². The highest BCUT2D eigenvalue weighted by Crippen LogP contribution is 2.06. The third kappa shape index (κ3) is 3.19. The highest BCUT2D eigenvalue weighted by atomic mass is 16.2. The van der Waals surface area contributed by atoms with Crippen LogP contribution in [0.3, 0.4) is 0 Å². The molecule has 1 aromatic rings. The van der Waals surface area contributed by atoms with Gasteiger partial charge in [0.2, 0.25) is 0 Å². The van der Waals surface area contributed by atoms with Gasteiger partial charge in [0.25, 0.3) is 5.56 Å². The molecule has 0 aliphatic carbocycles. The van der Waals surface area contributed by atoms with Crippen LogP contribution in [0.5, 0.6) is 0 Å². The van der Waals surface area contributed by atoms with E-state index in [1.54, 1.807) is 17.7 Å². The van der Waals surface area contributed by atoms with E-state index < -0.39 is 0 Å². The SMILES string of the molecule is CCCN1CCN(Cc2cc(=O)n(C)c(=O)n2C)CC1. The molecule has 6 heteroatoms. The summed E-state index contributed by atoms with van der Waals surface area (Å²) in [6.45, 7) is 8.12. The summed E-state index contributed by atoms with van der Waals surface area (Å²) in [5, 5.41) is 0. The third-order valence-electron chi connectivity index (χ3n) is 4.02. The minimum absolute atomic E-state index is 0.229. The zero-order chi connectivity index (χ0) is 14.7. The van der Waals surface area contributed by atoms with E-state index in [0.29, 0.717) is 6.54 Å². The maximum absolute atomic E-state index is 11.9. The molecule has 0 atom stereocenters. The van der Waals surface area contributed by atoms with Crippen LogP contribution >= 0.6 is 0 Å². The van der Waals surface area contributed by atoms with Crippen molar-refractivity contribution >= 4 is 0 Å². The van der Waals surface area contributed by atoms with Crippen molar-refractivity contribution in [3.8, 4) is 0 Å². The van der Waals surface area contributed by atoms with E-state index in [1.165, 1.54) is 13.5 Å². The Morgan fingerprint density at radius 1 is 1.00 bits per heavy atom. The second-order valence-electron chi connectivity index (χ2n) is 5.49. The van der Waals surface area contributed by atoms with Gasteiger partial charge >= 0.3 is 5.69 Å². The van der Waals surface area contributed by atoms with Crippen LogP contribution in [-0.2, 0) is 20.6 Å². The predicted octanol–water partition coefficient (Wildman–Crippen LogP) is -0.388. The van der Waals surface area contributed by atoms with E-state index in [-0.39, 0.29) is 11.2 Å². The van der Waals surface area contributed by atoms with E-state index in [1.807, 2.05) is 0 Å². The molecule has 1 aromatic heterocycles. The number of aromatic nitrogens is 2. The summed E-state index contributed by atoms with van der Waals surface area (Å²) in [5.74, 6) is 0. The van der Waals surface area contributed by atoms with Crippen molar-refractivity contribution in [2.24, 2.45) is 14.1 Å². The zero-order valence-electron chi connectivity index (χ0n) is 12.6. The molecule has 2 rings (SSSR count). The topological polar surface area (TPSA) is 50.5 Å². The van der Waals surface area contributed by atoms with Crippen molar-refractivity contribution in [1.82, 2.24) is 18.9 Å². The van der Waals surface area contributed by atoms with Gasteiger partial charge in [-0.3, -0.25) is 18.8 Å². The Balaban J connectivity index is 2.05. The molecule has 20 heavy (non-hydrogen) atoms. The van der Waals surface area contributed by atoms with E-state index in [4.69, 9.17) is 0 Å². The first-order chi connectivity index (χ1) is 9.52. The fourth-order valence-corrected chi connectivity index (χ4v) is 2.65. The van der Waals surface area contributed by atoms with Crippen molar-refractivity contribution < 1.29 is 0 Å². The first-order valence-electron chi connectivity index (χ1n) is 7.23. The smallest absolute Gasteiger partial charge is 0.301 e. The number of hydrogen-bond donors (Lipinski definition) is 0. The monoisotopic (exact) mass is 280 g/mol. The quantitative estimate of drug-likeness (QED) is 0.754. The number of nitrogens with zero attached hydrogens (tertiary/aromatic N) is 4. The maximum Gasteiger partial charge on any atom is 0.330 e. The maximum atomic E-state index is 11.9. The molecular formula is C14H24N4O2. The lowest BCUT2D eigenvalue weighted by atomic mass is 10.2. The number of rotatable bonds is 4. The van der Waals surface area contributed by atoms with Gasteiger partial charge in [0.1, 0.15) is 0 Å². The molecule has 0 radical (unpaired) electrons. The second kappa shape index (κ2) is 6.37. The minimum Gasteiger partial charge on any atom is -0.301 e. The summed E-state index contributed by atoms with van der Waals surface area (Å²) in [6.07, 6.45) is 1.18. The van der Waals surface area contributed by atoms with Crippen LogP contribution in [0.25, 0.3) is 0 Å². The molecule has 0 N–H and O–H groups in total. The van der Waals surface area contributed by atoms with Crippen LogP contribution in [0.1, 0.15) is 19.0 Å². The van der Waals surface area contributed by atoms with Crippen molar-refractivity contribution in [1.29, 1.82) is 0 Å². The summed E-state index contributed by atoms with van der Waals surface area (Å²) in [4.78, 5) is 28.4. The largest absolute Gasteiger partial charge is 0.330 e. The summed E-state index contributed by atoms with van der Waals surface area (Å²) in [6, 6.07) is 1.57. The van der Waals surface area contributed by atoms with Crippen LogP contribution in [0.2, 0.25) is 0 Å². The van der Waals surface area contributed by atoms with Gasteiger partial charge in [-0.15, -0.1) is 0 Å². The Bertz CT molecular complexity index is 568. The van der Waals surface area contributed by atoms with Gasteiger partial charge in [0, 0.05) is 58.6 Å². The van der Waals surface area contributed by atoms with E-state index >= 15 is 0 Å². The van der Waals surface area contributed by atoms with Crippen LogP contribution in [-0.4, -0.2) is 51.7 Å². The fourth-order valence-electron chi connectivity index (χ4n) is 2.65. The van der Waals surface area contributed by atoms with Crippen molar-refractivity contribution in [3.63, 3.8) is 0 Å². The van der Waals surface area contributed by atoms with Gasteiger partial charge in [0.15, 0.2) is 0 Å². The Morgan fingerprint density at radius 3 is 2.20 bits per heavy atom. The molecule has 0 bridgehead atoms. The average Bonchev–Trinajstić information content (AvgIpc) is 2.45. The standard InChI is InChI=1S/C14H24N4O2/c1-4-5-17-6-8-18(9-7-17)11-12-10-13(19)16(3)14(20)15(12)2/h10H,4-9,11H2,1-3H3. The summed E-state index contributed by atoms with van der Waals surface area (Å²) in [7, 11) is 3.24. The van der Waals surface area contributed by atoms with Crippen molar-refractivity contribution in [3.05, 3.63) is 32.6 Å². The average molecular weight is 280 g/mol. The zero-order valence-corrected chi connectivity index (χ0v) is 12.6. The molecule has 1 fully saturated rings. The lowest BCUT2D eigenvalue weighted by molar-refractivity contribution is 0.125. The van der Waals surface area contributed by atoms with Crippen LogP contribution in [0.15, 0.2) is 15.7 Å². The molecule has 0 saturated carbocycles. The van der Waals surface area contributed by atoms with Gasteiger partial charge < -0.3 is 4.90 Å². The Kier molecular flexibility index (Phi) is 4.77. The molecular weight excluding hydrogens is 256 g/mol. The number of piperazine rings is 1. The molecule has 2 heterocycles. The van der Waals surface area contributed by atoms with Crippen molar-refractivity contribution in [2.75, 3.05) is 32.7 Å². The minimum atomic E-state index is -0.253. The van der Waals surface area contributed by atoms with Gasteiger partial charge in [-0.05, 0) is 13.0 Å². The third-order valence-corrected chi connectivity index (χ3v) is 4.02. The number of hydrogen-bond acceptors (Lipinski definition) is 4. The summed E-state index contributed by atoms with van der Waals surface area (Å²) >= 11 is 0. The van der Waals surface area contributed by atoms with Crippen LogP contribution < -0.4 is 11.2 Å². The molecule has 0 spiro atoms. The first-order valence-corrected chi connectivity index (χ1v) is 7.23. The van der Waals surface area contributed by atoms with Gasteiger partial charge in [-0.1, -0.05) is 6.92 Å². The van der Waals surface area contributed by atoms with Gasteiger partial charge in [-0.2, -0.15) is 0 Å². The van der Waals surface area contributed by atoms with Crippen molar-refractivity contribution in [2.45, 2.75) is 19.9 Å². The lowest BCUT2D eigenvalue weighted by Crippen LogP contribution is -2.47. The van der Waals surface area contributed by atoms with Crippen LogP contribution in [0, 0.1) is 0 Å². The molecule has 0 amide bonds. The van der Waals surface area contributed by atoms with E-state index in [9.17, 15) is 9.59 Å².